The van der Waals surface area contributed by atoms with Crippen molar-refractivity contribution in [2.24, 2.45) is 0 Å². The Morgan fingerprint density at radius 3 is 2.88 bits per heavy atom. The zero-order valence-corrected chi connectivity index (χ0v) is 10.9. The Balaban J connectivity index is 2.29. The van der Waals surface area contributed by atoms with Crippen LogP contribution in [-0.2, 0) is 6.54 Å². The Morgan fingerprint density at radius 1 is 1.50 bits per heavy atom. The van der Waals surface area contributed by atoms with E-state index >= 15 is 0 Å². The lowest BCUT2D eigenvalue weighted by Gasteiger charge is -2.09. The zero-order chi connectivity index (χ0) is 12.0. The van der Waals surface area contributed by atoms with E-state index in [0.29, 0.717) is 11.0 Å². The van der Waals surface area contributed by atoms with Crippen LogP contribution in [0, 0.1) is 5.82 Å². The maximum Gasteiger partial charge on any atom is 0.137 e. The van der Waals surface area contributed by atoms with E-state index in [1.165, 1.54) is 6.07 Å². The molecule has 2 N–H and O–H groups in total. The van der Waals surface area contributed by atoms with Crippen LogP contribution < -0.4 is 5.32 Å². The smallest absolute Gasteiger partial charge is 0.137 e. The predicted molar refractivity (Wildman–Crippen MR) is 66.7 cm³/mol. The molecule has 0 aliphatic carbocycles. The first-order valence-corrected chi connectivity index (χ1v) is 6.25. The van der Waals surface area contributed by atoms with Crippen molar-refractivity contribution < 1.29 is 9.50 Å². The molecule has 1 aromatic rings. The number of benzene rings is 1. The molecule has 0 saturated heterocycles. The van der Waals surface area contributed by atoms with Crippen LogP contribution in [0.1, 0.15) is 25.3 Å². The molecule has 2 nitrogen and oxygen atoms in total. The van der Waals surface area contributed by atoms with Gasteiger partial charge in [-0.2, -0.15) is 0 Å². The summed E-state index contributed by atoms with van der Waals surface area (Å²) in [6.07, 6.45) is 1.26. The predicted octanol–water partition coefficient (Wildman–Crippen LogP) is 2.84. The molecule has 0 aliphatic heterocycles. The van der Waals surface area contributed by atoms with E-state index in [1.54, 1.807) is 6.07 Å². The standard InChI is InChI=1S/C12H17BrFNO/c1-2-10(16)5-6-15-8-9-3-4-11(13)12(14)7-9/h3-4,7,10,15-16H,2,5-6,8H2,1H3. The molecular weight excluding hydrogens is 273 g/mol. The van der Waals surface area contributed by atoms with E-state index in [1.807, 2.05) is 13.0 Å². The van der Waals surface area contributed by atoms with E-state index in [9.17, 15) is 9.50 Å². The number of hydrogen-bond acceptors (Lipinski definition) is 2. The van der Waals surface area contributed by atoms with E-state index in [-0.39, 0.29) is 11.9 Å². The summed E-state index contributed by atoms with van der Waals surface area (Å²) in [5, 5.41) is 12.5. The number of nitrogens with one attached hydrogen (secondary N) is 1. The number of aliphatic hydroxyl groups excluding tert-OH is 1. The Bertz CT molecular complexity index is 333. The molecule has 0 radical (unpaired) electrons. The molecule has 0 spiro atoms. The lowest BCUT2D eigenvalue weighted by molar-refractivity contribution is 0.159. The largest absolute Gasteiger partial charge is 0.393 e. The normalized spacial score (nSPS) is 12.8. The summed E-state index contributed by atoms with van der Waals surface area (Å²) in [4.78, 5) is 0. The lowest BCUT2D eigenvalue weighted by atomic mass is 10.2. The molecule has 0 heterocycles. The molecule has 4 heteroatoms. The van der Waals surface area contributed by atoms with Crippen LogP contribution in [0.2, 0.25) is 0 Å². The summed E-state index contributed by atoms with van der Waals surface area (Å²) in [7, 11) is 0. The van der Waals surface area contributed by atoms with Gasteiger partial charge in [0, 0.05) is 6.54 Å². The van der Waals surface area contributed by atoms with Crippen molar-refractivity contribution in [3.63, 3.8) is 0 Å². The molecule has 1 atom stereocenters. The molecule has 1 rings (SSSR count). The molecule has 1 unspecified atom stereocenters. The van der Waals surface area contributed by atoms with Gasteiger partial charge in [-0.15, -0.1) is 0 Å². The summed E-state index contributed by atoms with van der Waals surface area (Å²) in [5.41, 5.74) is 0.909. The summed E-state index contributed by atoms with van der Waals surface area (Å²) in [6, 6.07) is 5.08. The highest BCUT2D eigenvalue weighted by Crippen LogP contribution is 2.16. The highest BCUT2D eigenvalue weighted by molar-refractivity contribution is 9.10. The molecule has 0 aliphatic rings. The van der Waals surface area contributed by atoms with Crippen LogP contribution in [0.3, 0.4) is 0 Å². The number of hydrogen-bond donors (Lipinski definition) is 2. The molecule has 1 aromatic carbocycles. The summed E-state index contributed by atoms with van der Waals surface area (Å²) < 4.78 is 13.6. The second-order valence-corrected chi connectivity index (χ2v) is 4.63. The van der Waals surface area contributed by atoms with Crippen LogP contribution in [-0.4, -0.2) is 17.8 Å². The van der Waals surface area contributed by atoms with Crippen molar-refractivity contribution in [1.29, 1.82) is 0 Å². The maximum atomic E-state index is 13.2. The summed E-state index contributed by atoms with van der Waals surface area (Å²) in [5.74, 6) is -0.243. The van der Waals surface area contributed by atoms with E-state index in [0.717, 1.165) is 24.9 Å². The zero-order valence-electron chi connectivity index (χ0n) is 9.34. The van der Waals surface area contributed by atoms with Gasteiger partial charge >= 0.3 is 0 Å². The van der Waals surface area contributed by atoms with Crippen LogP contribution in [0.25, 0.3) is 0 Å². The van der Waals surface area contributed by atoms with Gasteiger partial charge in [0.1, 0.15) is 5.82 Å². The topological polar surface area (TPSA) is 32.3 Å². The van der Waals surface area contributed by atoms with Crippen molar-refractivity contribution in [2.45, 2.75) is 32.4 Å². The van der Waals surface area contributed by atoms with Gasteiger partial charge in [-0.25, -0.2) is 4.39 Å². The van der Waals surface area contributed by atoms with Crippen LogP contribution in [0.5, 0.6) is 0 Å². The Morgan fingerprint density at radius 2 is 2.25 bits per heavy atom. The van der Waals surface area contributed by atoms with Crippen LogP contribution in [0.4, 0.5) is 4.39 Å². The SMILES string of the molecule is CCC(O)CCNCc1ccc(Br)c(F)c1. The van der Waals surface area contributed by atoms with Gasteiger partial charge in [-0.3, -0.25) is 0 Å². The first-order valence-electron chi connectivity index (χ1n) is 5.46. The quantitative estimate of drug-likeness (QED) is 0.790. The van der Waals surface area contributed by atoms with E-state index in [2.05, 4.69) is 21.2 Å². The molecule has 0 fully saturated rings. The van der Waals surface area contributed by atoms with Crippen molar-refractivity contribution >= 4 is 15.9 Å². The minimum Gasteiger partial charge on any atom is -0.393 e. The average Bonchev–Trinajstić information content (AvgIpc) is 2.28. The van der Waals surface area contributed by atoms with Gasteiger partial charge in [0.25, 0.3) is 0 Å². The third kappa shape index (κ3) is 4.60. The van der Waals surface area contributed by atoms with Crippen molar-refractivity contribution in [1.82, 2.24) is 5.32 Å². The highest BCUT2D eigenvalue weighted by atomic mass is 79.9. The fraction of sp³-hybridized carbons (Fsp3) is 0.500. The first-order chi connectivity index (χ1) is 7.63. The molecular formula is C12H17BrFNO. The third-order valence-corrected chi connectivity index (χ3v) is 3.08. The summed E-state index contributed by atoms with van der Waals surface area (Å²) in [6.45, 7) is 3.32. The van der Waals surface area contributed by atoms with Crippen LogP contribution >= 0.6 is 15.9 Å². The minimum absolute atomic E-state index is 0.242. The third-order valence-electron chi connectivity index (χ3n) is 2.44. The number of halogens is 2. The average molecular weight is 290 g/mol. The Hall–Kier alpha value is -0.450. The van der Waals surface area contributed by atoms with Crippen LogP contribution in [0.15, 0.2) is 22.7 Å². The van der Waals surface area contributed by atoms with Gasteiger partial charge in [-0.05, 0) is 53.0 Å². The Kier molecular flexibility index (Phi) is 5.95. The number of aliphatic hydroxyl groups is 1. The Labute approximate surface area is 104 Å². The van der Waals surface area contributed by atoms with Gasteiger partial charge in [0.2, 0.25) is 0 Å². The highest BCUT2D eigenvalue weighted by Gasteiger charge is 2.02. The fourth-order valence-electron chi connectivity index (χ4n) is 1.36. The minimum atomic E-state index is -0.243. The fourth-order valence-corrected chi connectivity index (χ4v) is 1.60. The van der Waals surface area contributed by atoms with Gasteiger partial charge in [0.15, 0.2) is 0 Å². The first kappa shape index (κ1) is 13.6. The molecule has 0 saturated carbocycles. The molecule has 0 aromatic heterocycles. The molecule has 0 amide bonds. The van der Waals surface area contributed by atoms with E-state index < -0.39 is 0 Å². The molecule has 0 bridgehead atoms. The van der Waals surface area contributed by atoms with E-state index in [4.69, 9.17) is 0 Å². The lowest BCUT2D eigenvalue weighted by Crippen LogP contribution is -2.19. The van der Waals surface area contributed by atoms with Crippen molar-refractivity contribution in [3.8, 4) is 0 Å². The molecule has 16 heavy (non-hydrogen) atoms. The summed E-state index contributed by atoms with van der Waals surface area (Å²) >= 11 is 3.11. The second kappa shape index (κ2) is 6.99. The second-order valence-electron chi connectivity index (χ2n) is 3.78. The van der Waals surface area contributed by atoms with Gasteiger partial charge in [-0.1, -0.05) is 13.0 Å². The van der Waals surface area contributed by atoms with Gasteiger partial charge in [0.05, 0.1) is 10.6 Å². The maximum absolute atomic E-state index is 13.2. The monoisotopic (exact) mass is 289 g/mol. The van der Waals surface area contributed by atoms with Crippen molar-refractivity contribution in [3.05, 3.63) is 34.1 Å². The van der Waals surface area contributed by atoms with Crippen molar-refractivity contribution in [2.75, 3.05) is 6.54 Å². The molecule has 90 valence electrons. The van der Waals surface area contributed by atoms with Gasteiger partial charge < -0.3 is 10.4 Å². The number of rotatable bonds is 6.